The van der Waals surface area contributed by atoms with Crippen LogP contribution in [0.3, 0.4) is 0 Å². The van der Waals surface area contributed by atoms with Crippen LogP contribution in [0, 0.1) is 33.1 Å². The first-order chi connectivity index (χ1) is 23.6. The van der Waals surface area contributed by atoms with Gasteiger partial charge in [-0.25, -0.2) is 0 Å². The van der Waals surface area contributed by atoms with Crippen molar-refractivity contribution >= 4 is 44.1 Å². The minimum absolute atomic E-state index is 0.175. The van der Waals surface area contributed by atoms with Gasteiger partial charge in [0.15, 0.2) is 5.75 Å². The molecule has 1 aromatic heterocycles. The molecule has 0 amide bonds. The summed E-state index contributed by atoms with van der Waals surface area (Å²) in [6.45, 7) is 17.9. The van der Waals surface area contributed by atoms with Gasteiger partial charge in [-0.1, -0.05) is 79.8 Å². The van der Waals surface area contributed by atoms with E-state index in [9.17, 15) is 0 Å². The van der Waals surface area contributed by atoms with Gasteiger partial charge < -0.3 is 14.4 Å². The zero-order valence-electron chi connectivity index (χ0n) is 29.9. The first-order valence-corrected chi connectivity index (χ1v) is 18.3. The summed E-state index contributed by atoms with van der Waals surface area (Å²) in [5, 5.41) is 3.64. The summed E-state index contributed by atoms with van der Waals surface area (Å²) >= 11 is 1.90. The van der Waals surface area contributed by atoms with E-state index < -0.39 is 0 Å². The number of anilines is 1. The monoisotopic (exact) mass is 667 g/mol. The summed E-state index contributed by atoms with van der Waals surface area (Å²) in [7, 11) is 0. The van der Waals surface area contributed by atoms with Crippen LogP contribution in [-0.2, 0) is 6.54 Å². The van der Waals surface area contributed by atoms with E-state index in [1.165, 1.54) is 54.0 Å². The molecule has 5 heteroatoms. The van der Waals surface area contributed by atoms with Gasteiger partial charge in [0.05, 0.1) is 12.2 Å². The number of aryl methyl sites for hydroxylation is 5. The van der Waals surface area contributed by atoms with E-state index in [0.29, 0.717) is 13.2 Å². The lowest BCUT2D eigenvalue weighted by Crippen LogP contribution is -2.33. The predicted molar refractivity (Wildman–Crippen MR) is 207 cm³/mol. The second-order valence-electron chi connectivity index (χ2n) is 14.4. The van der Waals surface area contributed by atoms with Gasteiger partial charge in [0, 0.05) is 17.5 Å². The van der Waals surface area contributed by atoms with Crippen LogP contribution in [0.5, 0.6) is 11.5 Å². The molecular weight excluding hydrogens is 621 g/mol. The Kier molecular flexibility index (Phi) is 8.97. The lowest BCUT2D eigenvalue weighted by Gasteiger charge is -2.30. The molecule has 2 heterocycles. The van der Waals surface area contributed by atoms with Crippen LogP contribution in [0.4, 0.5) is 5.69 Å². The van der Waals surface area contributed by atoms with Gasteiger partial charge in [-0.05, 0) is 122 Å². The number of ether oxygens (including phenoxy) is 2. The molecule has 0 fully saturated rings. The van der Waals surface area contributed by atoms with E-state index in [4.69, 9.17) is 9.47 Å². The fraction of sp³-hybridized carbons (Fsp3) is 0.295. The van der Waals surface area contributed by atoms with Crippen LogP contribution in [0.2, 0.25) is 0 Å². The lowest BCUT2D eigenvalue weighted by molar-refractivity contribution is -0.665. The van der Waals surface area contributed by atoms with Gasteiger partial charge in [0.2, 0.25) is 11.4 Å². The number of fused-ring (bicyclic) bond motifs is 3. The van der Waals surface area contributed by atoms with Crippen LogP contribution in [-0.4, -0.2) is 13.2 Å². The van der Waals surface area contributed by atoms with Crippen molar-refractivity contribution < 1.29 is 14.0 Å². The van der Waals surface area contributed by atoms with Crippen molar-refractivity contribution in [3.8, 4) is 11.5 Å². The minimum atomic E-state index is 0.175. The maximum atomic E-state index is 6.48. The lowest BCUT2D eigenvalue weighted by atomic mass is 9.75. The van der Waals surface area contributed by atoms with Crippen LogP contribution < -0.4 is 18.9 Å². The highest BCUT2D eigenvalue weighted by Gasteiger charge is 2.28. The van der Waals surface area contributed by atoms with Crippen molar-refractivity contribution in [1.29, 1.82) is 0 Å². The molecule has 0 saturated carbocycles. The SMILES string of the molecule is CC[n+]1c(C=C2C=C(C=CC=C3Oc4cc(C)c(C)cc4N3CCOc3cccc4ccccc34)CC(C)(C)C2)sc2cc(C)c(C)cc21. The first kappa shape index (κ1) is 32.9. The summed E-state index contributed by atoms with van der Waals surface area (Å²) < 4.78 is 16.7. The molecule has 5 aromatic rings. The fourth-order valence-corrected chi connectivity index (χ4v) is 8.47. The average molecular weight is 668 g/mol. The molecule has 0 N–H and O–H groups in total. The number of benzene rings is 4. The van der Waals surface area contributed by atoms with E-state index in [1.54, 1.807) is 0 Å². The Hall–Kier alpha value is -4.61. The Morgan fingerprint density at radius 2 is 1.67 bits per heavy atom. The third-order valence-corrected chi connectivity index (χ3v) is 11.0. The Morgan fingerprint density at radius 1 is 0.918 bits per heavy atom. The summed E-state index contributed by atoms with van der Waals surface area (Å²) in [4.78, 5) is 2.25. The maximum Gasteiger partial charge on any atom is 0.263 e. The van der Waals surface area contributed by atoms with Crippen molar-refractivity contribution in [2.24, 2.45) is 5.41 Å². The molecule has 4 aromatic carbocycles. The zero-order chi connectivity index (χ0) is 34.3. The third-order valence-electron chi connectivity index (χ3n) is 9.93. The van der Waals surface area contributed by atoms with Crippen molar-refractivity contribution in [3.63, 3.8) is 0 Å². The van der Waals surface area contributed by atoms with E-state index in [1.807, 2.05) is 11.3 Å². The van der Waals surface area contributed by atoms with Gasteiger partial charge >= 0.3 is 0 Å². The molecule has 250 valence electrons. The number of hydrogen-bond acceptors (Lipinski definition) is 4. The molecule has 4 nitrogen and oxygen atoms in total. The Morgan fingerprint density at radius 3 is 2.51 bits per heavy atom. The third kappa shape index (κ3) is 6.82. The average Bonchev–Trinajstić information content (AvgIpc) is 3.56. The van der Waals surface area contributed by atoms with Crippen molar-refractivity contribution in [2.75, 3.05) is 18.1 Å². The molecule has 0 spiro atoms. The zero-order valence-corrected chi connectivity index (χ0v) is 30.7. The minimum Gasteiger partial charge on any atom is -0.491 e. The molecule has 0 bridgehead atoms. The number of hydrogen-bond donors (Lipinski definition) is 0. The maximum absolute atomic E-state index is 6.48. The van der Waals surface area contributed by atoms with E-state index in [0.717, 1.165) is 47.8 Å². The molecule has 0 radical (unpaired) electrons. The summed E-state index contributed by atoms with van der Waals surface area (Å²) in [6.07, 6.45) is 13.4. The highest BCUT2D eigenvalue weighted by atomic mass is 32.1. The number of aromatic nitrogens is 1. The van der Waals surface area contributed by atoms with Gasteiger partial charge in [0.1, 0.15) is 23.6 Å². The normalized spacial score (nSPS) is 17.4. The number of thiazole rings is 1. The topological polar surface area (TPSA) is 25.6 Å². The van der Waals surface area contributed by atoms with Gasteiger partial charge in [-0.3, -0.25) is 0 Å². The number of allylic oxidation sites excluding steroid dienone is 6. The van der Waals surface area contributed by atoms with Gasteiger partial charge in [-0.15, -0.1) is 0 Å². The molecule has 0 unspecified atom stereocenters. The van der Waals surface area contributed by atoms with Crippen LogP contribution in [0.1, 0.15) is 60.9 Å². The molecule has 1 aliphatic carbocycles. The van der Waals surface area contributed by atoms with Crippen molar-refractivity contribution in [1.82, 2.24) is 0 Å². The summed E-state index contributed by atoms with van der Waals surface area (Å²) in [5.74, 6) is 2.63. The molecule has 7 rings (SSSR count). The molecule has 0 atom stereocenters. The molecule has 49 heavy (non-hydrogen) atoms. The largest absolute Gasteiger partial charge is 0.491 e. The van der Waals surface area contributed by atoms with Crippen LogP contribution in [0.15, 0.2) is 108 Å². The second-order valence-corrected chi connectivity index (χ2v) is 15.5. The smallest absolute Gasteiger partial charge is 0.263 e. The van der Waals surface area contributed by atoms with Crippen LogP contribution >= 0.6 is 11.3 Å². The first-order valence-electron chi connectivity index (χ1n) is 17.5. The Balaban J connectivity index is 1.15. The van der Waals surface area contributed by atoms with Crippen molar-refractivity contribution in [3.05, 3.63) is 135 Å². The van der Waals surface area contributed by atoms with Crippen molar-refractivity contribution in [2.45, 2.75) is 67.9 Å². The van der Waals surface area contributed by atoms with Gasteiger partial charge in [-0.2, -0.15) is 4.57 Å². The van der Waals surface area contributed by atoms with Gasteiger partial charge in [0.25, 0.3) is 5.01 Å². The Labute approximate surface area is 295 Å². The highest BCUT2D eigenvalue weighted by Crippen LogP contribution is 2.42. The van der Waals surface area contributed by atoms with E-state index in [-0.39, 0.29) is 5.41 Å². The predicted octanol–water partition coefficient (Wildman–Crippen LogP) is 11.1. The van der Waals surface area contributed by atoms with E-state index >= 15 is 0 Å². The second kappa shape index (κ2) is 13.4. The quantitative estimate of drug-likeness (QED) is 0.154. The molecular formula is C44H47N2O2S+. The highest BCUT2D eigenvalue weighted by molar-refractivity contribution is 7.18. The number of nitrogens with zero attached hydrogens (tertiary/aromatic N) is 2. The molecule has 0 saturated heterocycles. The standard InChI is InChI=1S/C44H47N2O2S/c1-8-45-38-22-30(3)32(5)24-41(38)49-43(45)26-34-25-33(27-44(6,7)28-34)13-11-18-42-46(37-21-29(2)31(4)23-40(37)48-42)19-20-47-39-17-12-15-35-14-9-10-16-36(35)39/h9-18,21-26H,8,19-20,27-28H2,1-7H3/q+1. The Bertz CT molecular complexity index is 2190. The molecule has 2 aliphatic rings. The van der Waals surface area contributed by atoms with E-state index in [2.05, 4.69) is 155 Å². The summed E-state index contributed by atoms with van der Waals surface area (Å²) in [6, 6.07) is 23.7. The molecule has 1 aliphatic heterocycles. The van der Waals surface area contributed by atoms with Crippen LogP contribution in [0.25, 0.3) is 27.1 Å². The number of rotatable bonds is 8. The fourth-order valence-electron chi connectivity index (χ4n) is 7.18. The summed E-state index contributed by atoms with van der Waals surface area (Å²) in [5.41, 5.74) is 10.5.